The van der Waals surface area contributed by atoms with Gasteiger partial charge in [0.05, 0.1) is 17.3 Å². The van der Waals surface area contributed by atoms with Crippen molar-refractivity contribution in [2.24, 2.45) is 10.9 Å². The van der Waals surface area contributed by atoms with Crippen molar-refractivity contribution in [2.45, 2.75) is 44.4 Å². The van der Waals surface area contributed by atoms with Crippen LogP contribution in [0.3, 0.4) is 0 Å². The van der Waals surface area contributed by atoms with Gasteiger partial charge in [-0.3, -0.25) is 4.99 Å². The minimum Gasteiger partial charge on any atom is -0.381 e. The zero-order valence-electron chi connectivity index (χ0n) is 18.3. The Hall–Kier alpha value is -0.870. The number of hydrogen-bond acceptors (Lipinski definition) is 4. The van der Waals surface area contributed by atoms with Crippen molar-refractivity contribution >= 4 is 39.8 Å². The van der Waals surface area contributed by atoms with Gasteiger partial charge in [0.1, 0.15) is 0 Å². The van der Waals surface area contributed by atoms with Crippen molar-refractivity contribution in [3.05, 3.63) is 29.8 Å². The summed E-state index contributed by atoms with van der Waals surface area (Å²) in [6, 6.07) is 7.23. The third-order valence-corrected chi connectivity index (χ3v) is 6.82. The first-order valence-electron chi connectivity index (χ1n) is 10.0. The van der Waals surface area contributed by atoms with Crippen LogP contribution in [-0.2, 0) is 20.0 Å². The van der Waals surface area contributed by atoms with E-state index >= 15 is 0 Å². The van der Waals surface area contributed by atoms with Crippen LogP contribution in [0.15, 0.2) is 34.2 Å². The van der Waals surface area contributed by atoms with E-state index in [1.165, 1.54) is 0 Å². The number of nitrogens with one attached hydrogen (secondary N) is 1. The monoisotopic (exact) mass is 537 g/mol. The van der Waals surface area contributed by atoms with E-state index in [1.54, 1.807) is 19.2 Å². The molecule has 0 aromatic heterocycles. The Kier molecular flexibility index (Phi) is 10.4. The molecule has 29 heavy (non-hydrogen) atoms. The molecule has 0 bridgehead atoms. The molecule has 8 heteroatoms. The molecule has 1 aromatic carbocycles. The Morgan fingerprint density at radius 3 is 2.48 bits per heavy atom. The lowest BCUT2D eigenvalue weighted by molar-refractivity contribution is 0.114. The summed E-state index contributed by atoms with van der Waals surface area (Å²) >= 11 is 0. The van der Waals surface area contributed by atoms with Gasteiger partial charge >= 0.3 is 0 Å². The van der Waals surface area contributed by atoms with E-state index in [0.717, 1.165) is 44.2 Å². The average Bonchev–Trinajstić information content (AvgIpc) is 3.11. The van der Waals surface area contributed by atoms with Gasteiger partial charge in [-0.1, -0.05) is 32.9 Å². The Bertz CT molecular complexity index is 758. The van der Waals surface area contributed by atoms with Gasteiger partial charge in [-0.05, 0) is 36.5 Å². The highest BCUT2D eigenvalue weighted by Gasteiger charge is 2.25. The number of benzene rings is 1. The Labute approximate surface area is 193 Å². The summed E-state index contributed by atoms with van der Waals surface area (Å²) in [7, 11) is -1.59. The molecule has 0 radical (unpaired) electrons. The fourth-order valence-corrected chi connectivity index (χ4v) is 4.51. The molecule has 0 aliphatic carbocycles. The molecule has 1 saturated heterocycles. The highest BCUT2D eigenvalue weighted by Crippen LogP contribution is 2.23. The molecule has 1 atom stereocenters. The SMILES string of the molecule is CCOCC1CCN(C(=NC)NCCS(=O)(=O)c2ccc(C(C)(C)C)cc2)C1.I. The molecular weight excluding hydrogens is 501 g/mol. The van der Waals surface area contributed by atoms with Crippen LogP contribution in [0.4, 0.5) is 0 Å². The minimum atomic E-state index is -3.33. The first-order chi connectivity index (χ1) is 13.2. The summed E-state index contributed by atoms with van der Waals surface area (Å²) in [6.45, 7) is 12.0. The van der Waals surface area contributed by atoms with Crippen LogP contribution < -0.4 is 5.32 Å². The first kappa shape index (κ1) is 26.2. The molecule has 1 fully saturated rings. The molecule has 1 aromatic rings. The number of halogens is 1. The van der Waals surface area contributed by atoms with Crippen LogP contribution in [0.2, 0.25) is 0 Å². The predicted molar refractivity (Wildman–Crippen MR) is 130 cm³/mol. The second-order valence-electron chi connectivity index (χ2n) is 8.33. The van der Waals surface area contributed by atoms with Gasteiger partial charge in [-0.15, -0.1) is 24.0 Å². The van der Waals surface area contributed by atoms with E-state index in [1.807, 2.05) is 19.1 Å². The zero-order valence-corrected chi connectivity index (χ0v) is 21.4. The lowest BCUT2D eigenvalue weighted by Crippen LogP contribution is -2.42. The molecule has 166 valence electrons. The Balaban J connectivity index is 0.00000420. The first-order valence-corrected chi connectivity index (χ1v) is 11.7. The van der Waals surface area contributed by atoms with E-state index in [2.05, 4.69) is 36.0 Å². The number of ether oxygens (including phenoxy) is 1. The van der Waals surface area contributed by atoms with Crippen LogP contribution in [0.1, 0.15) is 39.7 Å². The number of aliphatic imine (C=N–C) groups is 1. The third kappa shape index (κ3) is 7.71. The van der Waals surface area contributed by atoms with Gasteiger partial charge in [-0.25, -0.2) is 8.42 Å². The number of rotatable bonds is 7. The normalized spacial score (nSPS) is 17.9. The number of guanidine groups is 1. The zero-order chi connectivity index (χ0) is 20.8. The van der Waals surface area contributed by atoms with Crippen LogP contribution in [0.25, 0.3) is 0 Å². The molecule has 1 N–H and O–H groups in total. The summed E-state index contributed by atoms with van der Waals surface area (Å²) in [5.41, 5.74) is 1.13. The Morgan fingerprint density at radius 1 is 1.28 bits per heavy atom. The lowest BCUT2D eigenvalue weighted by atomic mass is 9.87. The van der Waals surface area contributed by atoms with Crippen molar-refractivity contribution in [1.29, 1.82) is 0 Å². The van der Waals surface area contributed by atoms with E-state index in [-0.39, 0.29) is 35.1 Å². The van der Waals surface area contributed by atoms with Crippen molar-refractivity contribution < 1.29 is 13.2 Å². The third-order valence-electron chi connectivity index (χ3n) is 5.09. The standard InChI is InChI=1S/C21H35N3O3S.HI/c1-6-27-16-17-11-13-24(15-17)20(22-5)23-12-14-28(25,26)19-9-7-18(8-10-19)21(2,3)4;/h7-10,17H,6,11-16H2,1-5H3,(H,22,23);1H. The van der Waals surface area contributed by atoms with Gasteiger partial charge in [0.25, 0.3) is 0 Å². The van der Waals surface area contributed by atoms with Gasteiger partial charge in [-0.2, -0.15) is 0 Å². The maximum Gasteiger partial charge on any atom is 0.193 e. The predicted octanol–water partition coefficient (Wildman–Crippen LogP) is 3.31. The molecule has 0 saturated carbocycles. The molecule has 2 rings (SSSR count). The molecule has 1 aliphatic heterocycles. The van der Waals surface area contributed by atoms with Crippen molar-refractivity contribution in [2.75, 3.05) is 45.6 Å². The van der Waals surface area contributed by atoms with E-state index in [0.29, 0.717) is 17.4 Å². The number of likely N-dealkylation sites (tertiary alicyclic amines) is 1. The van der Waals surface area contributed by atoms with Crippen molar-refractivity contribution in [3.63, 3.8) is 0 Å². The maximum atomic E-state index is 12.6. The van der Waals surface area contributed by atoms with Gasteiger partial charge in [0, 0.05) is 39.2 Å². The average molecular weight is 538 g/mol. The summed E-state index contributed by atoms with van der Waals surface area (Å²) in [6.07, 6.45) is 1.07. The summed E-state index contributed by atoms with van der Waals surface area (Å²) in [5.74, 6) is 1.30. The van der Waals surface area contributed by atoms with E-state index in [9.17, 15) is 8.42 Å². The van der Waals surface area contributed by atoms with Gasteiger partial charge < -0.3 is 15.0 Å². The van der Waals surface area contributed by atoms with Gasteiger partial charge in [0.15, 0.2) is 15.8 Å². The number of nitrogens with zero attached hydrogens (tertiary/aromatic N) is 2. The summed E-state index contributed by atoms with van der Waals surface area (Å²) in [4.78, 5) is 6.86. The fraction of sp³-hybridized carbons (Fsp3) is 0.667. The van der Waals surface area contributed by atoms with E-state index in [4.69, 9.17) is 4.74 Å². The van der Waals surface area contributed by atoms with Crippen LogP contribution in [-0.4, -0.2) is 64.9 Å². The quantitative estimate of drug-likeness (QED) is 0.329. The molecular formula is C21H36IN3O3S. The highest BCUT2D eigenvalue weighted by molar-refractivity contribution is 14.0. The topological polar surface area (TPSA) is 71.0 Å². The molecule has 1 heterocycles. The van der Waals surface area contributed by atoms with Gasteiger partial charge in [0.2, 0.25) is 0 Å². The lowest BCUT2D eigenvalue weighted by Gasteiger charge is -2.22. The molecule has 1 aliphatic rings. The smallest absolute Gasteiger partial charge is 0.193 e. The second kappa shape index (κ2) is 11.5. The minimum absolute atomic E-state index is 0. The van der Waals surface area contributed by atoms with Crippen molar-refractivity contribution in [3.8, 4) is 0 Å². The highest BCUT2D eigenvalue weighted by atomic mass is 127. The maximum absolute atomic E-state index is 12.6. The number of sulfone groups is 1. The molecule has 1 unspecified atom stereocenters. The van der Waals surface area contributed by atoms with Crippen LogP contribution in [0, 0.1) is 5.92 Å². The van der Waals surface area contributed by atoms with Crippen LogP contribution in [0.5, 0.6) is 0 Å². The largest absolute Gasteiger partial charge is 0.381 e. The Morgan fingerprint density at radius 2 is 1.93 bits per heavy atom. The van der Waals surface area contributed by atoms with Crippen LogP contribution >= 0.6 is 24.0 Å². The number of hydrogen-bond donors (Lipinski definition) is 1. The summed E-state index contributed by atoms with van der Waals surface area (Å²) < 4.78 is 30.8. The van der Waals surface area contributed by atoms with E-state index < -0.39 is 9.84 Å². The molecule has 0 amide bonds. The molecule has 0 spiro atoms. The molecule has 6 nitrogen and oxygen atoms in total. The van der Waals surface area contributed by atoms with Crippen molar-refractivity contribution in [1.82, 2.24) is 10.2 Å². The fourth-order valence-electron chi connectivity index (χ4n) is 3.36. The summed E-state index contributed by atoms with van der Waals surface area (Å²) in [5, 5.41) is 3.21. The second-order valence-corrected chi connectivity index (χ2v) is 10.4.